The van der Waals surface area contributed by atoms with E-state index in [1.54, 1.807) is 16.0 Å². The number of ether oxygens (including phenoxy) is 3. The van der Waals surface area contributed by atoms with Gasteiger partial charge in [-0.2, -0.15) is 0 Å². The molecule has 0 radical (unpaired) electrons. The molecule has 0 aliphatic carbocycles. The summed E-state index contributed by atoms with van der Waals surface area (Å²) >= 11 is 0. The van der Waals surface area contributed by atoms with Crippen LogP contribution in [0.1, 0.15) is 36.7 Å². The van der Waals surface area contributed by atoms with Gasteiger partial charge in [0.05, 0.1) is 51.1 Å². The fraction of sp³-hybridized carbons (Fsp3) is 0.488. The first-order valence-electron chi connectivity index (χ1n) is 19.5. The smallest absolute Gasteiger partial charge is 0.254 e. The zero-order valence-electron chi connectivity index (χ0n) is 31.6. The lowest BCUT2D eigenvalue weighted by molar-refractivity contribution is -0.159. The number of morpholine rings is 1. The van der Waals surface area contributed by atoms with Crippen molar-refractivity contribution in [3.63, 3.8) is 0 Å². The highest BCUT2D eigenvalue weighted by Crippen LogP contribution is 2.39. The van der Waals surface area contributed by atoms with Crippen LogP contribution in [0, 0.1) is 23.5 Å². The predicted octanol–water partition coefficient (Wildman–Crippen LogP) is 3.29. The van der Waals surface area contributed by atoms with Gasteiger partial charge in [0.15, 0.2) is 6.10 Å². The Bertz CT molecular complexity index is 1920. The van der Waals surface area contributed by atoms with Gasteiger partial charge in [-0.05, 0) is 42.5 Å². The number of halogens is 3. The molecule has 304 valence electrons. The number of imide groups is 1. The number of imidazole rings is 1. The molecule has 1 N–H and O–H groups in total. The Balaban J connectivity index is 1.17. The number of carbonyl (C=O) groups excluding carboxylic acids is 4. The number of nitrogens with zero attached hydrogens (tertiary/aromatic N) is 5. The third-order valence-electron chi connectivity index (χ3n) is 11.0. The van der Waals surface area contributed by atoms with Crippen LogP contribution >= 0.6 is 0 Å². The summed E-state index contributed by atoms with van der Waals surface area (Å²) in [5, 5.41) is 3.09. The maximum absolute atomic E-state index is 15.5. The highest BCUT2D eigenvalue weighted by Gasteiger charge is 2.43. The van der Waals surface area contributed by atoms with Crippen molar-refractivity contribution in [1.29, 1.82) is 0 Å². The minimum atomic E-state index is -1.22. The molecule has 0 bridgehead atoms. The fourth-order valence-corrected chi connectivity index (χ4v) is 7.94. The monoisotopic (exact) mass is 792 g/mol. The number of aromatic nitrogens is 2. The Labute approximate surface area is 328 Å². The second-order valence-corrected chi connectivity index (χ2v) is 14.8. The van der Waals surface area contributed by atoms with Gasteiger partial charge >= 0.3 is 0 Å². The number of hydrogen-bond acceptors (Lipinski definition) is 9. The molecule has 4 unspecified atom stereocenters. The lowest BCUT2D eigenvalue weighted by atomic mass is 9.88. The molecule has 4 atom stereocenters. The maximum Gasteiger partial charge on any atom is 0.254 e. The first kappa shape index (κ1) is 40.3. The molecule has 3 aromatic rings. The van der Waals surface area contributed by atoms with E-state index in [2.05, 4.69) is 5.32 Å². The van der Waals surface area contributed by atoms with Crippen LogP contribution in [0.25, 0.3) is 11.3 Å². The van der Waals surface area contributed by atoms with Gasteiger partial charge < -0.3 is 33.9 Å². The zero-order chi connectivity index (χ0) is 39.9. The molecule has 0 saturated carbocycles. The average molecular weight is 793 g/mol. The predicted molar refractivity (Wildman–Crippen MR) is 200 cm³/mol. The molecule has 7 rings (SSSR count). The minimum absolute atomic E-state index is 0.00306. The van der Waals surface area contributed by atoms with Crippen LogP contribution in [-0.2, 0) is 39.9 Å². The second kappa shape index (κ2) is 18.6. The van der Waals surface area contributed by atoms with Gasteiger partial charge in [-0.15, -0.1) is 0 Å². The summed E-state index contributed by atoms with van der Waals surface area (Å²) in [5.74, 6) is -3.10. The average Bonchev–Trinajstić information content (AvgIpc) is 3.93. The normalized spacial score (nSPS) is 22.1. The van der Waals surface area contributed by atoms with E-state index in [1.165, 1.54) is 12.2 Å². The molecule has 4 amide bonds. The first-order valence-corrected chi connectivity index (χ1v) is 19.5. The summed E-state index contributed by atoms with van der Waals surface area (Å²) in [6.45, 7) is 2.15. The Hall–Kier alpha value is -4.90. The van der Waals surface area contributed by atoms with Gasteiger partial charge in [0.25, 0.3) is 17.7 Å². The molecule has 4 aliphatic heterocycles. The highest BCUT2D eigenvalue weighted by molar-refractivity contribution is 6.12. The molecule has 3 fully saturated rings. The molecule has 1 aromatic heterocycles. The molecule has 16 heteroatoms. The topological polar surface area (TPSA) is 136 Å². The van der Waals surface area contributed by atoms with E-state index in [0.717, 1.165) is 28.7 Å². The van der Waals surface area contributed by atoms with Crippen LogP contribution in [0.2, 0.25) is 0 Å². The number of carbonyl (C=O) groups is 4. The SMILES string of the molecule is O=C(CCOCCN1C(=O)C=CC1=O)N1CCOC(C(=O)N(CC2CNCC2F)C(c2nc(-c3cc(F)ccc3F)cn2Cc2ccccc2)C2CCOCC2)C1. The van der Waals surface area contributed by atoms with Crippen molar-refractivity contribution >= 4 is 23.6 Å². The number of hydrogen-bond donors (Lipinski definition) is 1. The number of rotatable bonds is 15. The highest BCUT2D eigenvalue weighted by atomic mass is 19.1. The minimum Gasteiger partial charge on any atom is -0.381 e. The van der Waals surface area contributed by atoms with E-state index in [4.69, 9.17) is 19.2 Å². The summed E-state index contributed by atoms with van der Waals surface area (Å²) in [6, 6.07) is 12.0. The second-order valence-electron chi connectivity index (χ2n) is 14.8. The fourth-order valence-electron chi connectivity index (χ4n) is 7.94. The van der Waals surface area contributed by atoms with Crippen molar-refractivity contribution in [3.05, 3.63) is 89.9 Å². The number of nitrogens with one attached hydrogen (secondary N) is 1. The van der Waals surface area contributed by atoms with Crippen LogP contribution in [-0.4, -0.2) is 132 Å². The Kier molecular flexibility index (Phi) is 13.1. The van der Waals surface area contributed by atoms with Gasteiger partial charge in [0.2, 0.25) is 5.91 Å². The van der Waals surface area contributed by atoms with E-state index in [1.807, 2.05) is 34.9 Å². The molecule has 13 nitrogen and oxygen atoms in total. The molecular formula is C41H47F3N6O7. The van der Waals surface area contributed by atoms with E-state index in [0.29, 0.717) is 45.0 Å². The van der Waals surface area contributed by atoms with Gasteiger partial charge in [0, 0.05) is 75.8 Å². The van der Waals surface area contributed by atoms with E-state index >= 15 is 8.78 Å². The molecular weight excluding hydrogens is 745 g/mol. The molecule has 0 spiro atoms. The standard InChI is InChI=1S/C41H47F3N6O7/c42-30-6-7-32(43)31(20-30)34-25-48(23-27-4-2-1-3-5-27)40(46-34)39(28-10-15-55-16-11-28)50(24-29-21-45-22-33(29)44)41(54)35-26-47(13-19-57-35)36(51)12-17-56-18-14-49-37(52)8-9-38(49)53/h1-9,20,25,28-29,33,35,39,45H,10-19,21-24,26H2. The first-order chi connectivity index (χ1) is 27.7. The number of alkyl halides is 1. The zero-order valence-corrected chi connectivity index (χ0v) is 31.6. The molecule has 5 heterocycles. The number of benzene rings is 2. The third kappa shape index (κ3) is 9.63. The van der Waals surface area contributed by atoms with E-state index in [9.17, 15) is 23.6 Å². The lowest BCUT2D eigenvalue weighted by Gasteiger charge is -2.42. The van der Waals surface area contributed by atoms with Gasteiger partial charge in [-0.3, -0.25) is 24.1 Å². The van der Waals surface area contributed by atoms with Crippen molar-refractivity contribution in [3.8, 4) is 11.3 Å². The summed E-state index contributed by atoms with van der Waals surface area (Å²) in [7, 11) is 0. The molecule has 4 aliphatic rings. The largest absolute Gasteiger partial charge is 0.381 e. The summed E-state index contributed by atoms with van der Waals surface area (Å²) in [5.41, 5.74) is 1.08. The Morgan fingerprint density at radius 2 is 1.77 bits per heavy atom. The van der Waals surface area contributed by atoms with Gasteiger partial charge in [0.1, 0.15) is 23.6 Å². The Morgan fingerprint density at radius 1 is 1.00 bits per heavy atom. The van der Waals surface area contributed by atoms with Crippen molar-refractivity contribution < 1.29 is 46.6 Å². The molecule has 57 heavy (non-hydrogen) atoms. The number of amides is 4. The quantitative estimate of drug-likeness (QED) is 0.182. The van der Waals surface area contributed by atoms with Crippen molar-refractivity contribution in [2.24, 2.45) is 11.8 Å². The van der Waals surface area contributed by atoms with Crippen LogP contribution in [0.15, 0.2) is 66.9 Å². The van der Waals surface area contributed by atoms with Crippen molar-refractivity contribution in [2.45, 2.75) is 44.1 Å². The van der Waals surface area contributed by atoms with Crippen molar-refractivity contribution in [1.82, 2.24) is 29.6 Å². The van der Waals surface area contributed by atoms with E-state index < -0.39 is 53.6 Å². The van der Waals surface area contributed by atoms with Crippen molar-refractivity contribution in [2.75, 3.05) is 72.3 Å². The van der Waals surface area contributed by atoms with Gasteiger partial charge in [-0.25, -0.2) is 18.2 Å². The molecule has 2 aromatic carbocycles. The van der Waals surface area contributed by atoms with Crippen LogP contribution in [0.4, 0.5) is 13.2 Å². The van der Waals surface area contributed by atoms with Crippen LogP contribution in [0.5, 0.6) is 0 Å². The molecule has 3 saturated heterocycles. The van der Waals surface area contributed by atoms with Gasteiger partial charge in [-0.1, -0.05) is 30.3 Å². The summed E-state index contributed by atoms with van der Waals surface area (Å²) in [6.07, 6.45) is 2.88. The van der Waals surface area contributed by atoms with Crippen LogP contribution < -0.4 is 5.32 Å². The lowest BCUT2D eigenvalue weighted by Crippen LogP contribution is -2.55. The summed E-state index contributed by atoms with van der Waals surface area (Å²) in [4.78, 5) is 61.2. The third-order valence-corrected chi connectivity index (χ3v) is 11.0. The summed E-state index contributed by atoms with van der Waals surface area (Å²) < 4.78 is 64.5. The van der Waals surface area contributed by atoms with Crippen LogP contribution in [0.3, 0.4) is 0 Å². The maximum atomic E-state index is 15.5. The van der Waals surface area contributed by atoms with E-state index in [-0.39, 0.29) is 82.0 Å². The Morgan fingerprint density at radius 3 is 2.51 bits per heavy atom.